The zero-order valence-electron chi connectivity index (χ0n) is 7.73. The highest BCUT2D eigenvalue weighted by Gasteiger charge is 2.19. The topological polar surface area (TPSA) is 70.1 Å². The van der Waals surface area contributed by atoms with E-state index in [1.807, 2.05) is 6.92 Å². The average Bonchev–Trinajstić information content (AvgIpc) is 2.62. The number of aryl methyl sites for hydroxylation is 1. The maximum Gasteiger partial charge on any atom is 0.328 e. The minimum absolute atomic E-state index is 0.449. The minimum atomic E-state index is -0.743. The summed E-state index contributed by atoms with van der Waals surface area (Å²) in [5, 5.41) is 4.00. The van der Waals surface area contributed by atoms with E-state index >= 15 is 0 Å². The molecular weight excluding hydrogens is 170 g/mol. The molecule has 0 amide bonds. The van der Waals surface area contributed by atoms with Crippen LogP contribution in [0.25, 0.3) is 0 Å². The summed E-state index contributed by atoms with van der Waals surface area (Å²) in [5.74, 6) is -0.449. The van der Waals surface area contributed by atoms with Crippen molar-refractivity contribution in [2.45, 2.75) is 19.5 Å². The highest BCUT2D eigenvalue weighted by Crippen LogP contribution is 2.10. The van der Waals surface area contributed by atoms with Crippen molar-refractivity contribution in [3.05, 3.63) is 18.0 Å². The predicted octanol–water partition coefficient (Wildman–Crippen LogP) is 0.0758. The Bertz CT molecular complexity index is 295. The molecule has 0 saturated carbocycles. The molecule has 1 atom stereocenters. The smallest absolute Gasteiger partial charge is 0.328 e. The van der Waals surface area contributed by atoms with Gasteiger partial charge in [-0.2, -0.15) is 5.10 Å². The third-order valence-electron chi connectivity index (χ3n) is 1.82. The van der Waals surface area contributed by atoms with Gasteiger partial charge in [-0.1, -0.05) is 0 Å². The lowest BCUT2D eigenvalue weighted by molar-refractivity contribution is -0.142. The normalized spacial score (nSPS) is 12.5. The summed E-state index contributed by atoms with van der Waals surface area (Å²) >= 11 is 0. The fourth-order valence-corrected chi connectivity index (χ4v) is 1.12. The first kappa shape index (κ1) is 9.73. The molecule has 1 heterocycles. The van der Waals surface area contributed by atoms with Gasteiger partial charge in [-0.25, -0.2) is 4.79 Å². The number of esters is 1. The maximum atomic E-state index is 11.1. The van der Waals surface area contributed by atoms with Gasteiger partial charge in [-0.3, -0.25) is 4.68 Å². The lowest BCUT2D eigenvalue weighted by Crippen LogP contribution is -2.25. The molecule has 1 aromatic rings. The zero-order valence-corrected chi connectivity index (χ0v) is 7.73. The molecule has 1 unspecified atom stereocenters. The van der Waals surface area contributed by atoms with Crippen molar-refractivity contribution >= 4 is 5.97 Å². The van der Waals surface area contributed by atoms with Crippen molar-refractivity contribution in [2.24, 2.45) is 5.73 Å². The van der Waals surface area contributed by atoms with Crippen LogP contribution in [0.2, 0.25) is 0 Å². The van der Waals surface area contributed by atoms with Crippen molar-refractivity contribution in [1.82, 2.24) is 9.78 Å². The first-order chi connectivity index (χ1) is 6.20. The van der Waals surface area contributed by atoms with Gasteiger partial charge in [0.2, 0.25) is 0 Å². The fourth-order valence-electron chi connectivity index (χ4n) is 1.12. The third-order valence-corrected chi connectivity index (χ3v) is 1.82. The lowest BCUT2D eigenvalue weighted by atomic mass is 10.2. The zero-order chi connectivity index (χ0) is 9.84. The van der Waals surface area contributed by atoms with Crippen molar-refractivity contribution < 1.29 is 9.53 Å². The number of hydrogen-bond donors (Lipinski definition) is 1. The van der Waals surface area contributed by atoms with Gasteiger partial charge in [0.15, 0.2) is 0 Å². The van der Waals surface area contributed by atoms with Crippen LogP contribution in [-0.2, 0) is 16.1 Å². The summed E-state index contributed by atoms with van der Waals surface area (Å²) in [5.41, 5.74) is 6.31. The molecule has 0 aliphatic carbocycles. The number of nitrogens with zero attached hydrogens (tertiary/aromatic N) is 2. The Morgan fingerprint density at radius 3 is 3.08 bits per heavy atom. The van der Waals surface area contributed by atoms with Gasteiger partial charge < -0.3 is 10.5 Å². The Morgan fingerprint density at radius 1 is 1.85 bits per heavy atom. The molecule has 0 saturated heterocycles. The number of carbonyl (C=O) groups is 1. The van der Waals surface area contributed by atoms with Gasteiger partial charge in [-0.05, 0) is 13.0 Å². The Hall–Kier alpha value is -1.36. The van der Waals surface area contributed by atoms with E-state index in [-0.39, 0.29) is 0 Å². The molecule has 1 aromatic heterocycles. The van der Waals surface area contributed by atoms with E-state index in [9.17, 15) is 4.79 Å². The van der Waals surface area contributed by atoms with Crippen LogP contribution in [0.3, 0.4) is 0 Å². The van der Waals surface area contributed by atoms with Gasteiger partial charge in [0.1, 0.15) is 6.04 Å². The van der Waals surface area contributed by atoms with Crippen LogP contribution < -0.4 is 5.73 Å². The standard InChI is InChI=1S/C8H13N3O2/c1-3-11-6(4-5-10-11)7(9)8(12)13-2/h4-5,7H,3,9H2,1-2H3. The van der Waals surface area contributed by atoms with Gasteiger partial charge in [0, 0.05) is 12.7 Å². The largest absolute Gasteiger partial charge is 0.468 e. The van der Waals surface area contributed by atoms with Crippen LogP contribution in [0.4, 0.5) is 0 Å². The van der Waals surface area contributed by atoms with Crippen molar-refractivity contribution in [1.29, 1.82) is 0 Å². The highest BCUT2D eigenvalue weighted by atomic mass is 16.5. The summed E-state index contributed by atoms with van der Waals surface area (Å²) in [6.45, 7) is 2.62. The first-order valence-electron chi connectivity index (χ1n) is 4.05. The second kappa shape index (κ2) is 4.04. The number of aromatic nitrogens is 2. The number of rotatable bonds is 3. The molecule has 0 fully saturated rings. The second-order valence-electron chi connectivity index (χ2n) is 2.57. The molecule has 0 aliphatic rings. The Labute approximate surface area is 76.5 Å². The number of carbonyl (C=O) groups excluding carboxylic acids is 1. The summed E-state index contributed by atoms with van der Waals surface area (Å²) in [4.78, 5) is 11.1. The quantitative estimate of drug-likeness (QED) is 0.673. The van der Waals surface area contributed by atoms with Crippen LogP contribution in [0.1, 0.15) is 18.7 Å². The predicted molar refractivity (Wildman–Crippen MR) is 46.8 cm³/mol. The van der Waals surface area contributed by atoms with Crippen molar-refractivity contribution in [3.8, 4) is 0 Å². The molecule has 0 spiro atoms. The van der Waals surface area contributed by atoms with Crippen LogP contribution in [-0.4, -0.2) is 22.9 Å². The van der Waals surface area contributed by atoms with Crippen LogP contribution in [0.15, 0.2) is 12.3 Å². The maximum absolute atomic E-state index is 11.1. The molecule has 0 aliphatic heterocycles. The van der Waals surface area contributed by atoms with Gasteiger partial charge in [0.05, 0.1) is 12.8 Å². The molecule has 0 bridgehead atoms. The molecule has 2 N–H and O–H groups in total. The fraction of sp³-hybridized carbons (Fsp3) is 0.500. The number of ether oxygens (including phenoxy) is 1. The van der Waals surface area contributed by atoms with E-state index in [4.69, 9.17) is 5.73 Å². The van der Waals surface area contributed by atoms with Gasteiger partial charge >= 0.3 is 5.97 Å². The van der Waals surface area contributed by atoms with E-state index in [2.05, 4.69) is 9.84 Å². The Balaban J connectivity index is 2.87. The van der Waals surface area contributed by atoms with Crippen LogP contribution in [0.5, 0.6) is 0 Å². The molecule has 5 nitrogen and oxygen atoms in total. The van der Waals surface area contributed by atoms with Crippen LogP contribution >= 0.6 is 0 Å². The first-order valence-corrected chi connectivity index (χ1v) is 4.05. The number of nitrogens with two attached hydrogens (primary N) is 1. The van der Waals surface area contributed by atoms with E-state index in [1.54, 1.807) is 16.9 Å². The molecule has 0 radical (unpaired) electrons. The molecular formula is C8H13N3O2. The third kappa shape index (κ3) is 1.86. The number of hydrogen-bond acceptors (Lipinski definition) is 4. The molecule has 0 aromatic carbocycles. The van der Waals surface area contributed by atoms with Gasteiger partial charge in [-0.15, -0.1) is 0 Å². The summed E-state index contributed by atoms with van der Waals surface area (Å²) in [6.07, 6.45) is 1.61. The van der Waals surface area contributed by atoms with Gasteiger partial charge in [0.25, 0.3) is 0 Å². The molecule has 72 valence electrons. The second-order valence-corrected chi connectivity index (χ2v) is 2.57. The summed E-state index contributed by atoms with van der Waals surface area (Å²) in [6, 6.07) is 0.970. The molecule has 1 rings (SSSR count). The van der Waals surface area contributed by atoms with E-state index < -0.39 is 12.0 Å². The summed E-state index contributed by atoms with van der Waals surface area (Å²) < 4.78 is 6.20. The highest BCUT2D eigenvalue weighted by molar-refractivity contribution is 5.76. The van der Waals surface area contributed by atoms with Crippen LogP contribution in [0, 0.1) is 0 Å². The summed E-state index contributed by atoms with van der Waals surface area (Å²) in [7, 11) is 1.31. The molecule has 13 heavy (non-hydrogen) atoms. The Kier molecular flexibility index (Phi) is 3.02. The number of methoxy groups -OCH3 is 1. The average molecular weight is 183 g/mol. The van der Waals surface area contributed by atoms with E-state index in [0.29, 0.717) is 12.2 Å². The Morgan fingerprint density at radius 2 is 2.54 bits per heavy atom. The minimum Gasteiger partial charge on any atom is -0.468 e. The monoisotopic (exact) mass is 183 g/mol. The van der Waals surface area contributed by atoms with Crippen molar-refractivity contribution in [2.75, 3.05) is 7.11 Å². The van der Waals surface area contributed by atoms with E-state index in [1.165, 1.54) is 7.11 Å². The molecule has 5 heteroatoms. The van der Waals surface area contributed by atoms with E-state index in [0.717, 1.165) is 0 Å². The van der Waals surface area contributed by atoms with Crippen molar-refractivity contribution in [3.63, 3.8) is 0 Å². The SMILES string of the molecule is CCn1nccc1C(N)C(=O)OC. The lowest BCUT2D eigenvalue weighted by Gasteiger charge is -2.10.